The maximum atomic E-state index is 13.8. The Labute approximate surface area is 411 Å². The van der Waals surface area contributed by atoms with Gasteiger partial charge in [-0.25, -0.2) is 19.2 Å². The van der Waals surface area contributed by atoms with Gasteiger partial charge in [0, 0.05) is 26.2 Å². The zero-order valence-corrected chi connectivity index (χ0v) is 43.6. The molecule has 0 aromatic rings. The van der Waals surface area contributed by atoms with Crippen LogP contribution < -0.4 is 32.3 Å². The molecular formula is C46H83N7O17. The third kappa shape index (κ3) is 19.4. The summed E-state index contributed by atoms with van der Waals surface area (Å²) in [6.07, 6.45) is -13.0. The largest absolute Gasteiger partial charge is 0.467 e. The lowest BCUT2D eigenvalue weighted by atomic mass is 9.82. The highest BCUT2D eigenvalue weighted by molar-refractivity contribution is 5.81. The van der Waals surface area contributed by atoms with E-state index in [1.54, 1.807) is 96.1 Å². The molecule has 1 saturated carbocycles. The summed E-state index contributed by atoms with van der Waals surface area (Å²) in [7, 11) is 1.32. The molecule has 1 saturated heterocycles. The summed E-state index contributed by atoms with van der Waals surface area (Å²) in [5, 5.41) is 60.9. The predicted octanol–water partition coefficient (Wildman–Crippen LogP) is 1.34. The van der Waals surface area contributed by atoms with Gasteiger partial charge in [0.2, 0.25) is 12.2 Å². The van der Waals surface area contributed by atoms with Crippen molar-refractivity contribution in [2.45, 2.75) is 218 Å². The van der Waals surface area contributed by atoms with Crippen molar-refractivity contribution in [1.82, 2.24) is 31.5 Å². The van der Waals surface area contributed by atoms with E-state index in [1.807, 2.05) is 0 Å². The molecule has 0 bridgehead atoms. The lowest BCUT2D eigenvalue weighted by Gasteiger charge is -2.50. The van der Waals surface area contributed by atoms with Crippen LogP contribution in [0.15, 0.2) is 11.8 Å². The van der Waals surface area contributed by atoms with E-state index in [1.165, 1.54) is 14.0 Å². The van der Waals surface area contributed by atoms with Crippen molar-refractivity contribution in [1.29, 1.82) is 0 Å². The maximum Gasteiger partial charge on any atom is 0.410 e. The second-order valence-corrected chi connectivity index (χ2v) is 22.3. The monoisotopic (exact) mass is 1010 g/mol. The molecule has 13 atom stereocenters. The molecule has 1 aliphatic carbocycles. The lowest BCUT2D eigenvalue weighted by Crippen LogP contribution is -2.71. The van der Waals surface area contributed by atoms with Crippen molar-refractivity contribution in [3.63, 3.8) is 0 Å². The van der Waals surface area contributed by atoms with Gasteiger partial charge in [-0.2, -0.15) is 0 Å². The smallest absolute Gasteiger partial charge is 0.410 e. The summed E-state index contributed by atoms with van der Waals surface area (Å²) in [5.74, 6) is -0.613. The Balaban J connectivity index is 2.05. The van der Waals surface area contributed by atoms with Crippen LogP contribution in [-0.4, -0.2) is 190 Å². The number of aliphatic hydroxyl groups is 4. The molecule has 2 heterocycles. The van der Waals surface area contributed by atoms with Crippen LogP contribution in [-0.2, 0) is 42.7 Å². The van der Waals surface area contributed by atoms with E-state index in [-0.39, 0.29) is 32.5 Å². The number of nitrogens with two attached hydrogens (primary N) is 1. The Morgan fingerprint density at radius 2 is 1.33 bits per heavy atom. The molecule has 2 aliphatic heterocycles. The molecule has 5 amide bonds. The molecule has 3 rings (SSSR count). The average Bonchev–Trinajstić information content (AvgIpc) is 3.17. The summed E-state index contributed by atoms with van der Waals surface area (Å²) in [6, 6.07) is -5.02. The molecule has 0 aromatic heterocycles. The highest BCUT2D eigenvalue weighted by Crippen LogP contribution is 2.35. The fraction of sp³-hybridized carbons (Fsp3) is 0.848. The highest BCUT2D eigenvalue weighted by Gasteiger charge is 2.55. The van der Waals surface area contributed by atoms with Crippen molar-refractivity contribution < 1.29 is 82.3 Å². The molecule has 0 radical (unpaired) electrons. The van der Waals surface area contributed by atoms with Crippen LogP contribution in [0.4, 0.5) is 19.2 Å². The van der Waals surface area contributed by atoms with E-state index in [2.05, 4.69) is 26.6 Å². The first-order chi connectivity index (χ1) is 32.0. The third-order valence-electron chi connectivity index (χ3n) is 10.7. The Bertz CT molecular complexity index is 1790. The molecule has 70 heavy (non-hydrogen) atoms. The number of carbonyl (C=O) groups is 5. The summed E-state index contributed by atoms with van der Waals surface area (Å²) in [6.45, 7) is 22.7. The lowest BCUT2D eigenvalue weighted by molar-refractivity contribution is -0.311. The van der Waals surface area contributed by atoms with Gasteiger partial charge in [0.1, 0.15) is 64.3 Å². The van der Waals surface area contributed by atoms with Gasteiger partial charge < -0.3 is 95.5 Å². The number of likely N-dealkylation sites (N-methyl/N-ethyl adjacent to an activating group) is 1. The molecule has 24 nitrogen and oxygen atoms in total. The van der Waals surface area contributed by atoms with Crippen LogP contribution in [0, 0.1) is 0 Å². The Hall–Kier alpha value is -4.27. The second kappa shape index (κ2) is 24.4. The number of amides is 5. The van der Waals surface area contributed by atoms with E-state index >= 15 is 0 Å². The minimum atomic E-state index is -1.86. The molecule has 24 heteroatoms. The van der Waals surface area contributed by atoms with Crippen LogP contribution >= 0.6 is 0 Å². The van der Waals surface area contributed by atoms with Gasteiger partial charge >= 0.3 is 24.4 Å². The first-order valence-electron chi connectivity index (χ1n) is 23.7. The molecule has 0 unspecified atom stereocenters. The Morgan fingerprint density at radius 1 is 0.800 bits per heavy atom. The van der Waals surface area contributed by atoms with E-state index < -0.39 is 138 Å². The van der Waals surface area contributed by atoms with Crippen molar-refractivity contribution in [2.75, 3.05) is 33.3 Å². The van der Waals surface area contributed by atoms with Crippen LogP contribution in [0.1, 0.15) is 116 Å². The summed E-state index contributed by atoms with van der Waals surface area (Å²) in [4.78, 5) is 66.4. The topological polar surface area (TPSA) is 330 Å². The second-order valence-electron chi connectivity index (χ2n) is 22.3. The fourth-order valence-corrected chi connectivity index (χ4v) is 7.78. The van der Waals surface area contributed by atoms with Gasteiger partial charge in [-0.05, 0) is 122 Å². The van der Waals surface area contributed by atoms with Gasteiger partial charge in [-0.3, -0.25) is 4.79 Å². The highest BCUT2D eigenvalue weighted by atomic mass is 16.7. The Kier molecular flexibility index (Phi) is 21.0. The van der Waals surface area contributed by atoms with Crippen molar-refractivity contribution >= 4 is 30.3 Å². The van der Waals surface area contributed by atoms with Gasteiger partial charge in [-0.1, -0.05) is 0 Å². The molecule has 0 spiro atoms. The van der Waals surface area contributed by atoms with E-state index in [9.17, 15) is 44.4 Å². The number of alkyl carbamates (subject to hydrolysis) is 3. The number of nitrogens with zero attached hydrogens (tertiary/aromatic N) is 1. The number of carbonyl (C=O) groups excluding carboxylic acids is 5. The molecule has 404 valence electrons. The van der Waals surface area contributed by atoms with Gasteiger partial charge in [0.15, 0.2) is 6.29 Å². The van der Waals surface area contributed by atoms with Gasteiger partial charge in [0.05, 0.1) is 37.3 Å². The molecular weight excluding hydrogens is 923 g/mol. The van der Waals surface area contributed by atoms with E-state index in [0.717, 1.165) is 4.90 Å². The molecule has 0 aromatic carbocycles. The van der Waals surface area contributed by atoms with Crippen molar-refractivity contribution in [2.24, 2.45) is 5.73 Å². The van der Waals surface area contributed by atoms with Crippen LogP contribution in [0.25, 0.3) is 0 Å². The Morgan fingerprint density at radius 3 is 1.89 bits per heavy atom. The molecule has 11 N–H and O–H groups in total. The maximum absolute atomic E-state index is 13.8. The number of hydrogen-bond acceptors (Lipinski definition) is 19. The zero-order valence-electron chi connectivity index (χ0n) is 43.6. The van der Waals surface area contributed by atoms with Crippen LogP contribution in [0.5, 0.6) is 0 Å². The summed E-state index contributed by atoms with van der Waals surface area (Å²) in [5.41, 5.74) is 0.688. The predicted molar refractivity (Wildman–Crippen MR) is 252 cm³/mol. The quantitative estimate of drug-likeness (QED) is 0.0976. The first kappa shape index (κ1) is 60.0. The fourth-order valence-electron chi connectivity index (χ4n) is 7.78. The number of rotatable bonds is 16. The molecule has 2 fully saturated rings. The van der Waals surface area contributed by atoms with Gasteiger partial charge in [0.25, 0.3) is 0 Å². The van der Waals surface area contributed by atoms with Crippen LogP contribution in [0.3, 0.4) is 0 Å². The minimum absolute atomic E-state index is 0.0228. The van der Waals surface area contributed by atoms with Crippen molar-refractivity contribution in [3.05, 3.63) is 11.8 Å². The first-order valence-corrected chi connectivity index (χ1v) is 23.7. The number of ether oxygens (including phenoxy) is 8. The normalized spacial score (nSPS) is 29.5. The SMILES string of the molecule is C[C@@H](CN[C@@H]1CC=C(CN)O[C@@H]1O[C@H]1[C@H](O)[C@@H](O[C@H]2OC[C@](C)(O)[C@H](N(C)C(=O)OC(C)(C)C)[C@H]2O)[C@H](NC(=O)[C@@H](O)CCNC(=O)OC(C)(C)C)C[C@@H]1NC(=O)OC(C)(C)C)NC(=O)OC(C)(C)C. The minimum Gasteiger partial charge on any atom is -0.467 e. The number of nitrogens with one attached hydrogen (secondary N) is 5. The van der Waals surface area contributed by atoms with Crippen molar-refractivity contribution in [3.8, 4) is 0 Å². The third-order valence-corrected chi connectivity index (χ3v) is 10.7. The van der Waals surface area contributed by atoms with E-state index in [0.29, 0.717) is 12.2 Å². The average molecular weight is 1010 g/mol. The standard InChI is InChI=1S/C46H83N7O17/c1-24(50-39(59)68-43(5,6)7)22-49-26-17-16-25(21-47)64-36(26)65-33-28(52-40(60)69-44(8,9)10)20-27(51-35(57)29(54)18-19-48-38(58)67-42(2,3)4)32(30(33)55)66-37-31(56)34(46(14,62)23-63-37)53(15)41(61)70-45(11,12)13/h16,24,26-34,36-37,49,54-56,62H,17-23,47H2,1-15H3,(H,48,58)(H,50,59)(H,51,57)(H,52,60)/t24-,26+,27+,28-,29-,30+,31+,32-,33+,34+,36+,37+,46-/m0/s1. The summed E-state index contributed by atoms with van der Waals surface area (Å²) < 4.78 is 46.8. The number of aliphatic hydroxyl groups excluding tert-OH is 3. The molecule has 3 aliphatic rings. The van der Waals surface area contributed by atoms with Gasteiger partial charge in [-0.15, -0.1) is 0 Å². The number of hydrogen-bond donors (Lipinski definition) is 10. The van der Waals surface area contributed by atoms with E-state index in [4.69, 9.17) is 43.6 Å². The summed E-state index contributed by atoms with van der Waals surface area (Å²) >= 11 is 0. The van der Waals surface area contributed by atoms with Crippen LogP contribution in [0.2, 0.25) is 0 Å². The zero-order chi connectivity index (χ0) is 53.3.